The number of aromatic hydroxyl groups is 4. The van der Waals surface area contributed by atoms with Crippen molar-refractivity contribution in [2.75, 3.05) is 28.4 Å². The van der Waals surface area contributed by atoms with E-state index in [0.29, 0.717) is 38.5 Å². The third-order valence-corrected chi connectivity index (χ3v) is 10.1. The number of rotatable bonds is 20. The molecule has 0 unspecified atom stereocenters. The molecular formula is C52H68O12. The number of phenols is 4. The minimum atomic E-state index is -0.254. The van der Waals surface area contributed by atoms with Crippen molar-refractivity contribution in [3.05, 3.63) is 145 Å². The summed E-state index contributed by atoms with van der Waals surface area (Å²) in [5.74, 6) is 0.247. The van der Waals surface area contributed by atoms with Crippen molar-refractivity contribution in [3.8, 4) is 23.0 Å². The summed E-state index contributed by atoms with van der Waals surface area (Å²) in [7, 11) is 5.53. The van der Waals surface area contributed by atoms with Crippen LogP contribution in [0.25, 0.3) is 0 Å². The molecule has 0 spiro atoms. The van der Waals surface area contributed by atoms with Crippen LogP contribution >= 0.6 is 0 Å². The fraction of sp³-hybridized carbons (Fsp3) is 0.385. The topological polar surface area (TPSA) is 186 Å². The first kappa shape index (κ1) is 55.5. The molecule has 0 amide bonds. The van der Waals surface area contributed by atoms with Gasteiger partial charge < -0.3 is 39.4 Å². The van der Waals surface area contributed by atoms with Crippen molar-refractivity contribution in [2.24, 2.45) is 0 Å². The Bertz CT molecular complexity index is 1860. The Morgan fingerprint density at radius 1 is 0.453 bits per heavy atom. The number of benzene rings is 4. The number of hydrogen-bond donors (Lipinski definition) is 4. The minimum Gasteiger partial charge on any atom is -0.508 e. The summed E-state index contributed by atoms with van der Waals surface area (Å²) in [6, 6.07) is 28.0. The van der Waals surface area contributed by atoms with E-state index in [0.717, 1.165) is 47.9 Å². The lowest BCUT2D eigenvalue weighted by Gasteiger charge is -2.15. The van der Waals surface area contributed by atoms with Crippen LogP contribution in [0.1, 0.15) is 124 Å². The van der Waals surface area contributed by atoms with Gasteiger partial charge in [0.25, 0.3) is 0 Å². The van der Waals surface area contributed by atoms with Crippen LogP contribution in [0.4, 0.5) is 0 Å². The van der Waals surface area contributed by atoms with Crippen LogP contribution in [0.3, 0.4) is 0 Å². The van der Waals surface area contributed by atoms with Gasteiger partial charge in [-0.3, -0.25) is 19.2 Å². The molecule has 0 fully saturated rings. The first-order valence-corrected chi connectivity index (χ1v) is 21.3. The molecule has 0 saturated carbocycles. The summed E-state index contributed by atoms with van der Waals surface area (Å²) in [4.78, 5) is 45.0. The summed E-state index contributed by atoms with van der Waals surface area (Å²) in [5, 5.41) is 37.6. The molecule has 4 aromatic carbocycles. The van der Waals surface area contributed by atoms with Crippen LogP contribution in [0.2, 0.25) is 0 Å². The van der Waals surface area contributed by atoms with E-state index in [2.05, 4.69) is 46.0 Å². The lowest BCUT2D eigenvalue weighted by Crippen LogP contribution is -2.08. The summed E-state index contributed by atoms with van der Waals surface area (Å²) in [5.41, 5.74) is 3.83. The average Bonchev–Trinajstić information content (AvgIpc) is 3.28. The maximum atomic E-state index is 11.3. The standard InChI is InChI=1S/2C13H18O3.2C13H16O3/c4*1-3-5-10(9-13(15)16-2)11-6-4-7-12(14)8-11/h2*4,6-8,10,14H,3,5,9H2,1-2H3;2*3-4,6-8,10,14H,1,5,9H2,2H3/t4*10-/m1010/s1. The molecule has 0 bridgehead atoms. The lowest BCUT2D eigenvalue weighted by atomic mass is 9.91. The number of esters is 4. The SMILES string of the molecule is C=CC[C@@H](CC(=O)OC)c1cccc(O)c1.C=CC[C@H](CC(=O)OC)c1cccc(O)c1.CCC[C@@H](CC(=O)OC)c1cccc(O)c1.CCC[C@H](CC(=O)OC)c1cccc(O)c1. The summed E-state index contributed by atoms with van der Waals surface area (Å²) < 4.78 is 18.6. The second-order valence-corrected chi connectivity index (χ2v) is 14.9. The van der Waals surface area contributed by atoms with Gasteiger partial charge in [0.05, 0.1) is 54.1 Å². The number of hydrogen-bond acceptors (Lipinski definition) is 12. The zero-order chi connectivity index (χ0) is 47.9. The third-order valence-electron chi connectivity index (χ3n) is 10.1. The molecule has 0 aliphatic heterocycles. The molecule has 4 aromatic rings. The number of ether oxygens (including phenoxy) is 4. The molecule has 12 heteroatoms. The molecule has 4 atom stereocenters. The highest BCUT2D eigenvalue weighted by Gasteiger charge is 2.19. The molecule has 64 heavy (non-hydrogen) atoms. The van der Waals surface area contributed by atoms with Crippen LogP contribution in [-0.4, -0.2) is 72.7 Å². The van der Waals surface area contributed by atoms with E-state index in [1.54, 1.807) is 84.9 Å². The van der Waals surface area contributed by atoms with Gasteiger partial charge in [-0.05, 0) is 120 Å². The van der Waals surface area contributed by atoms with Gasteiger partial charge in [-0.25, -0.2) is 0 Å². The van der Waals surface area contributed by atoms with E-state index in [1.165, 1.54) is 28.4 Å². The van der Waals surface area contributed by atoms with Gasteiger partial charge in [0.15, 0.2) is 0 Å². The first-order valence-electron chi connectivity index (χ1n) is 21.3. The number of methoxy groups -OCH3 is 4. The quantitative estimate of drug-likeness (QED) is 0.0374. The largest absolute Gasteiger partial charge is 0.508 e. The lowest BCUT2D eigenvalue weighted by molar-refractivity contribution is -0.142. The predicted molar refractivity (Wildman–Crippen MR) is 249 cm³/mol. The fourth-order valence-electron chi connectivity index (χ4n) is 6.80. The van der Waals surface area contributed by atoms with Gasteiger partial charge in [-0.1, -0.05) is 87.4 Å². The Morgan fingerprint density at radius 2 is 0.688 bits per heavy atom. The Kier molecular flexibility index (Phi) is 27.9. The molecule has 0 heterocycles. The highest BCUT2D eigenvalue weighted by Crippen LogP contribution is 2.30. The van der Waals surface area contributed by atoms with Crippen molar-refractivity contribution >= 4 is 23.9 Å². The average molecular weight is 885 g/mol. The van der Waals surface area contributed by atoms with Gasteiger partial charge in [0, 0.05) is 0 Å². The molecule has 0 aliphatic carbocycles. The molecule has 0 saturated heterocycles. The maximum Gasteiger partial charge on any atom is 0.306 e. The summed E-state index contributed by atoms with van der Waals surface area (Å²) >= 11 is 0. The number of allylic oxidation sites excluding steroid dienone is 2. The Hall–Kier alpha value is -6.56. The van der Waals surface area contributed by atoms with Crippen LogP contribution in [0, 0.1) is 0 Å². The van der Waals surface area contributed by atoms with Crippen LogP contribution in [0.5, 0.6) is 23.0 Å². The monoisotopic (exact) mass is 884 g/mol. The molecular weight excluding hydrogens is 817 g/mol. The molecule has 0 aliphatic rings. The molecule has 0 aromatic heterocycles. The zero-order valence-corrected chi connectivity index (χ0v) is 38.2. The number of carbonyl (C=O) groups excluding carboxylic acids is 4. The van der Waals surface area contributed by atoms with Crippen LogP contribution in [-0.2, 0) is 38.1 Å². The van der Waals surface area contributed by atoms with E-state index in [9.17, 15) is 39.6 Å². The highest BCUT2D eigenvalue weighted by atomic mass is 16.5. The highest BCUT2D eigenvalue weighted by molar-refractivity contribution is 5.71. The molecule has 0 radical (unpaired) electrons. The molecule has 12 nitrogen and oxygen atoms in total. The van der Waals surface area contributed by atoms with E-state index in [1.807, 2.05) is 24.3 Å². The van der Waals surface area contributed by atoms with Crippen LogP contribution in [0.15, 0.2) is 122 Å². The van der Waals surface area contributed by atoms with Gasteiger partial charge >= 0.3 is 23.9 Å². The normalized spacial score (nSPS) is 12.0. The Balaban J connectivity index is 0.000000427. The maximum absolute atomic E-state index is 11.3. The summed E-state index contributed by atoms with van der Waals surface area (Å²) in [6.07, 6.45) is 10.0. The van der Waals surface area contributed by atoms with Crippen molar-refractivity contribution in [1.82, 2.24) is 0 Å². The van der Waals surface area contributed by atoms with Gasteiger partial charge in [0.2, 0.25) is 0 Å². The van der Waals surface area contributed by atoms with Crippen LogP contribution < -0.4 is 0 Å². The van der Waals surface area contributed by atoms with Gasteiger partial charge in [-0.2, -0.15) is 0 Å². The van der Waals surface area contributed by atoms with E-state index >= 15 is 0 Å². The number of carbonyl (C=O) groups is 4. The first-order chi connectivity index (χ1) is 30.7. The van der Waals surface area contributed by atoms with Gasteiger partial charge in [-0.15, -0.1) is 13.2 Å². The van der Waals surface area contributed by atoms with Crippen molar-refractivity contribution < 1.29 is 58.6 Å². The van der Waals surface area contributed by atoms with Crippen molar-refractivity contribution in [3.63, 3.8) is 0 Å². The Labute approximate surface area is 379 Å². The smallest absolute Gasteiger partial charge is 0.306 e. The predicted octanol–water partition coefficient (Wildman–Crippen LogP) is 10.9. The van der Waals surface area contributed by atoms with E-state index in [-0.39, 0.29) is 70.5 Å². The van der Waals surface area contributed by atoms with E-state index in [4.69, 9.17) is 0 Å². The molecule has 4 N–H and O–H groups in total. The molecule has 348 valence electrons. The van der Waals surface area contributed by atoms with E-state index < -0.39 is 0 Å². The molecule has 4 rings (SSSR count). The Morgan fingerprint density at radius 3 is 0.891 bits per heavy atom. The minimum absolute atomic E-state index is 0.0112. The van der Waals surface area contributed by atoms with Crippen molar-refractivity contribution in [2.45, 2.75) is 102 Å². The second-order valence-electron chi connectivity index (χ2n) is 14.9. The number of phenolic OH excluding ortho intramolecular Hbond substituents is 4. The second kappa shape index (κ2) is 32.2. The zero-order valence-electron chi connectivity index (χ0n) is 38.2. The summed E-state index contributed by atoms with van der Waals surface area (Å²) in [6.45, 7) is 11.5. The van der Waals surface area contributed by atoms with Crippen molar-refractivity contribution in [1.29, 1.82) is 0 Å². The van der Waals surface area contributed by atoms with Gasteiger partial charge in [0.1, 0.15) is 23.0 Å². The third kappa shape index (κ3) is 22.5. The fourth-order valence-corrected chi connectivity index (χ4v) is 6.80.